The minimum atomic E-state index is 0.941. The summed E-state index contributed by atoms with van der Waals surface area (Å²) in [6.45, 7) is 0. The summed E-state index contributed by atoms with van der Waals surface area (Å²) >= 11 is 0. The fourth-order valence-corrected chi connectivity index (χ4v) is 9.55. The monoisotopic (exact) mass is 687 g/mol. The third-order valence-electron chi connectivity index (χ3n) is 11.7. The van der Waals surface area contributed by atoms with Crippen LogP contribution in [0.5, 0.6) is 0 Å². The molecule has 54 heavy (non-hydrogen) atoms. The second-order valence-corrected chi connectivity index (χ2v) is 14.4. The average Bonchev–Trinajstić information content (AvgIpc) is 4.02. The first kappa shape index (κ1) is 28.2. The van der Waals surface area contributed by atoms with Gasteiger partial charge >= 0.3 is 0 Å². The van der Waals surface area contributed by atoms with Crippen molar-refractivity contribution in [1.82, 2.24) is 22.9 Å². The van der Waals surface area contributed by atoms with Gasteiger partial charge in [0.1, 0.15) is 0 Å². The molecule has 0 amide bonds. The molecule has 5 heterocycles. The Kier molecular flexibility index (Phi) is 5.31. The molecule has 13 rings (SSSR count). The number of aromatic nitrogens is 5. The second-order valence-electron chi connectivity index (χ2n) is 14.4. The maximum Gasteiger partial charge on any atom is 0.220 e. The predicted molar refractivity (Wildman–Crippen MR) is 224 cm³/mol. The van der Waals surface area contributed by atoms with Crippen molar-refractivity contribution >= 4 is 87.7 Å². The van der Waals surface area contributed by atoms with Crippen LogP contribution < -0.4 is 0 Å². The van der Waals surface area contributed by atoms with Crippen LogP contribution in [0, 0.1) is 0 Å². The Balaban J connectivity index is 1.11. The SMILES string of the molecule is c1ccc(-n2c3ccccc3c3cc(-n4c5ccccc5c5ccccc54)ccc32)c(-c2cccc3c4cccc5c4n(c23)c2nc3ccccc3n52)c1. The summed E-state index contributed by atoms with van der Waals surface area (Å²) in [4.78, 5) is 5.23. The standard InChI is InChI=1S/C49H29N5/c1-6-21-40-31(13-1)32-14-2-7-22-41(32)51(40)30-27-28-44-38(29-30)34-16-4-9-24-43(34)52(44)42-23-8-3-15-33(42)35-17-11-18-36-37-19-12-26-46-48(37)54(47(35)36)49-50-39-20-5-10-25-45(39)53(46)49/h1-29H. The lowest BCUT2D eigenvalue weighted by Crippen LogP contribution is -1.98. The van der Waals surface area contributed by atoms with Crippen LogP contribution in [0.3, 0.4) is 0 Å². The summed E-state index contributed by atoms with van der Waals surface area (Å²) in [5, 5.41) is 7.46. The lowest BCUT2D eigenvalue weighted by atomic mass is 10.00. The Bertz CT molecular complexity index is 3630. The normalized spacial score (nSPS) is 12.4. The van der Waals surface area contributed by atoms with E-state index in [1.807, 2.05) is 0 Å². The Labute approximate surface area is 308 Å². The number of para-hydroxylation sites is 8. The Morgan fingerprint density at radius 3 is 1.65 bits per heavy atom. The van der Waals surface area contributed by atoms with Gasteiger partial charge < -0.3 is 9.13 Å². The number of nitrogens with zero attached hydrogens (tertiary/aromatic N) is 5. The molecule has 0 spiro atoms. The lowest BCUT2D eigenvalue weighted by molar-refractivity contribution is 1.17. The Hall–Kier alpha value is -7.37. The number of benzene rings is 8. The van der Waals surface area contributed by atoms with Gasteiger partial charge in [-0.25, -0.2) is 4.98 Å². The van der Waals surface area contributed by atoms with Crippen LogP contribution in [-0.4, -0.2) is 22.9 Å². The minimum absolute atomic E-state index is 0.941. The summed E-state index contributed by atoms with van der Waals surface area (Å²) in [5.74, 6) is 0.941. The van der Waals surface area contributed by atoms with Crippen LogP contribution in [0.15, 0.2) is 176 Å². The van der Waals surface area contributed by atoms with Crippen LogP contribution >= 0.6 is 0 Å². The summed E-state index contributed by atoms with van der Waals surface area (Å²) in [6.07, 6.45) is 0. The molecular formula is C49H29N5. The van der Waals surface area contributed by atoms with E-state index >= 15 is 0 Å². The van der Waals surface area contributed by atoms with Crippen LogP contribution in [0.1, 0.15) is 0 Å². The van der Waals surface area contributed by atoms with Crippen molar-refractivity contribution in [2.75, 3.05) is 0 Å². The second kappa shape index (κ2) is 10.1. The molecule has 0 fully saturated rings. The zero-order chi connectivity index (χ0) is 35.1. The highest BCUT2D eigenvalue weighted by atomic mass is 15.2. The van der Waals surface area contributed by atoms with Crippen molar-refractivity contribution in [3.05, 3.63) is 176 Å². The number of hydrogen-bond donors (Lipinski definition) is 0. The van der Waals surface area contributed by atoms with E-state index in [9.17, 15) is 0 Å². The fourth-order valence-electron chi connectivity index (χ4n) is 9.55. The van der Waals surface area contributed by atoms with Gasteiger partial charge in [-0.3, -0.25) is 8.80 Å². The molecule has 13 aromatic rings. The first-order valence-electron chi connectivity index (χ1n) is 18.5. The molecule has 0 aliphatic heterocycles. The molecule has 0 bridgehead atoms. The average molecular weight is 688 g/mol. The largest absolute Gasteiger partial charge is 0.309 e. The van der Waals surface area contributed by atoms with E-state index in [1.165, 1.54) is 82.1 Å². The van der Waals surface area contributed by atoms with Gasteiger partial charge in [-0.05, 0) is 60.7 Å². The maximum atomic E-state index is 5.23. The summed E-state index contributed by atoms with van der Waals surface area (Å²) in [5.41, 5.74) is 15.1. The van der Waals surface area contributed by atoms with Gasteiger partial charge in [0.15, 0.2) is 0 Å². The highest BCUT2D eigenvalue weighted by molar-refractivity contribution is 6.19. The third-order valence-corrected chi connectivity index (χ3v) is 11.7. The number of rotatable bonds is 3. The van der Waals surface area contributed by atoms with Crippen molar-refractivity contribution in [3.63, 3.8) is 0 Å². The van der Waals surface area contributed by atoms with Crippen molar-refractivity contribution in [2.45, 2.75) is 0 Å². The molecule has 0 radical (unpaired) electrons. The number of hydrogen-bond acceptors (Lipinski definition) is 1. The smallest absolute Gasteiger partial charge is 0.220 e. The molecule has 0 aliphatic rings. The highest BCUT2D eigenvalue weighted by Crippen LogP contribution is 2.44. The van der Waals surface area contributed by atoms with E-state index in [0.29, 0.717) is 0 Å². The molecule has 0 saturated carbocycles. The molecule has 0 atom stereocenters. The van der Waals surface area contributed by atoms with E-state index in [2.05, 4.69) is 194 Å². The molecule has 250 valence electrons. The van der Waals surface area contributed by atoms with Gasteiger partial charge in [0.2, 0.25) is 5.78 Å². The van der Waals surface area contributed by atoms with Gasteiger partial charge in [-0.15, -0.1) is 0 Å². The molecule has 0 saturated heterocycles. The summed E-state index contributed by atoms with van der Waals surface area (Å²) in [6, 6.07) is 64.0. The van der Waals surface area contributed by atoms with Crippen LogP contribution in [-0.2, 0) is 0 Å². The quantitative estimate of drug-likeness (QED) is 0.182. The summed E-state index contributed by atoms with van der Waals surface area (Å²) in [7, 11) is 0. The molecule has 5 aromatic heterocycles. The van der Waals surface area contributed by atoms with Gasteiger partial charge in [-0.1, -0.05) is 115 Å². The first-order chi connectivity index (χ1) is 26.8. The minimum Gasteiger partial charge on any atom is -0.309 e. The Morgan fingerprint density at radius 2 is 0.870 bits per heavy atom. The van der Waals surface area contributed by atoms with Crippen molar-refractivity contribution in [2.24, 2.45) is 0 Å². The van der Waals surface area contributed by atoms with E-state index in [0.717, 1.165) is 28.2 Å². The van der Waals surface area contributed by atoms with E-state index in [4.69, 9.17) is 4.98 Å². The van der Waals surface area contributed by atoms with Gasteiger partial charge in [0, 0.05) is 49.1 Å². The molecule has 0 N–H and O–H groups in total. The zero-order valence-electron chi connectivity index (χ0n) is 29.0. The first-order valence-corrected chi connectivity index (χ1v) is 18.5. The molecule has 8 aromatic carbocycles. The van der Waals surface area contributed by atoms with Crippen LogP contribution in [0.25, 0.3) is 110 Å². The Morgan fingerprint density at radius 1 is 0.333 bits per heavy atom. The molecular weight excluding hydrogens is 659 g/mol. The van der Waals surface area contributed by atoms with E-state index in [-0.39, 0.29) is 0 Å². The van der Waals surface area contributed by atoms with E-state index in [1.54, 1.807) is 0 Å². The molecule has 0 aliphatic carbocycles. The number of imidazole rings is 2. The van der Waals surface area contributed by atoms with E-state index < -0.39 is 0 Å². The van der Waals surface area contributed by atoms with Crippen LogP contribution in [0.2, 0.25) is 0 Å². The van der Waals surface area contributed by atoms with Gasteiger partial charge in [0.05, 0.1) is 55.3 Å². The lowest BCUT2D eigenvalue weighted by Gasteiger charge is -2.15. The molecule has 5 nitrogen and oxygen atoms in total. The highest BCUT2D eigenvalue weighted by Gasteiger charge is 2.24. The number of fused-ring (bicyclic) bond motifs is 14. The molecule has 0 unspecified atom stereocenters. The maximum absolute atomic E-state index is 5.23. The third kappa shape index (κ3) is 3.46. The van der Waals surface area contributed by atoms with Crippen molar-refractivity contribution < 1.29 is 0 Å². The topological polar surface area (TPSA) is 31.6 Å². The van der Waals surface area contributed by atoms with Crippen molar-refractivity contribution in [3.8, 4) is 22.5 Å². The fraction of sp³-hybridized carbons (Fsp3) is 0. The zero-order valence-corrected chi connectivity index (χ0v) is 29.0. The van der Waals surface area contributed by atoms with Crippen LogP contribution in [0.4, 0.5) is 0 Å². The molecule has 5 heteroatoms. The van der Waals surface area contributed by atoms with Crippen molar-refractivity contribution in [1.29, 1.82) is 0 Å². The van der Waals surface area contributed by atoms with Gasteiger partial charge in [-0.2, -0.15) is 0 Å². The van der Waals surface area contributed by atoms with Gasteiger partial charge in [0.25, 0.3) is 0 Å². The predicted octanol–water partition coefficient (Wildman–Crippen LogP) is 12.3. The summed E-state index contributed by atoms with van der Waals surface area (Å²) < 4.78 is 9.59.